The van der Waals surface area contributed by atoms with Crippen LogP contribution in [-0.2, 0) is 23.8 Å². The molecule has 0 aromatic rings. The van der Waals surface area contributed by atoms with E-state index in [4.69, 9.17) is 14.2 Å². The van der Waals surface area contributed by atoms with E-state index in [1.165, 1.54) is 140 Å². The molecule has 0 saturated carbocycles. The van der Waals surface area contributed by atoms with Gasteiger partial charge in [0.25, 0.3) is 0 Å². The van der Waals surface area contributed by atoms with Gasteiger partial charge in [0.2, 0.25) is 0 Å². The number of methoxy groups -OCH3 is 1. The van der Waals surface area contributed by atoms with E-state index < -0.39 is 18.1 Å². The van der Waals surface area contributed by atoms with Crippen molar-refractivity contribution in [3.05, 3.63) is 48.6 Å². The Hall–Kier alpha value is -2.87. The Morgan fingerprint density at radius 2 is 1.08 bits per heavy atom. The first-order valence-electron chi connectivity index (χ1n) is 24.7. The molecule has 1 rings (SSSR count). The number of carbonyl (C=O) groups excluding carboxylic acids is 3. The monoisotopic (exact) mass is 841 g/mol. The van der Waals surface area contributed by atoms with Crippen LogP contribution in [0, 0.1) is 11.8 Å². The molecule has 0 spiro atoms. The first kappa shape index (κ1) is 55.1. The lowest BCUT2D eigenvalue weighted by Gasteiger charge is -2.24. The molecule has 0 bridgehead atoms. The van der Waals surface area contributed by atoms with Crippen LogP contribution in [0.5, 0.6) is 0 Å². The van der Waals surface area contributed by atoms with E-state index in [2.05, 4.69) is 67.4 Å². The molecule has 0 aromatic heterocycles. The Balaban J connectivity index is 2.52. The SMILES string of the molecule is CCCCC/C=C\C/C=C\CCCCCCCCC(CCCCCCCC/C=C\C/C=C\CCCCC)COC(=O)N1C[C@@H](CC(=O)OCCCN(C)C)C[C@H]1C(=O)OC. The second-order valence-corrected chi connectivity index (χ2v) is 17.6. The van der Waals surface area contributed by atoms with Crippen LogP contribution < -0.4 is 0 Å². The van der Waals surface area contributed by atoms with Crippen molar-refractivity contribution in [3.8, 4) is 0 Å². The maximum atomic E-state index is 13.5. The summed E-state index contributed by atoms with van der Waals surface area (Å²) < 4.78 is 16.5. The van der Waals surface area contributed by atoms with Crippen molar-refractivity contribution in [1.82, 2.24) is 9.80 Å². The number of unbranched alkanes of at least 4 members (excludes halogenated alkanes) is 18. The number of rotatable bonds is 39. The van der Waals surface area contributed by atoms with Crippen LogP contribution in [0.3, 0.4) is 0 Å². The highest BCUT2D eigenvalue weighted by Gasteiger charge is 2.42. The van der Waals surface area contributed by atoms with Gasteiger partial charge in [-0.05, 0) is 116 Å². The highest BCUT2D eigenvalue weighted by atomic mass is 16.6. The van der Waals surface area contributed by atoms with Gasteiger partial charge in [-0.3, -0.25) is 9.69 Å². The predicted molar refractivity (Wildman–Crippen MR) is 252 cm³/mol. The Morgan fingerprint density at radius 3 is 1.55 bits per heavy atom. The molecule has 2 atom stereocenters. The smallest absolute Gasteiger partial charge is 0.410 e. The van der Waals surface area contributed by atoms with Crippen molar-refractivity contribution in [2.24, 2.45) is 11.8 Å². The average Bonchev–Trinajstić information content (AvgIpc) is 3.66. The number of esters is 2. The number of likely N-dealkylation sites (tertiary alicyclic amines) is 1. The van der Waals surface area contributed by atoms with Crippen molar-refractivity contribution in [3.63, 3.8) is 0 Å². The molecule has 0 radical (unpaired) electrons. The highest BCUT2D eigenvalue weighted by molar-refractivity contribution is 5.82. The fourth-order valence-electron chi connectivity index (χ4n) is 7.92. The molecule has 1 heterocycles. The van der Waals surface area contributed by atoms with E-state index in [1.807, 2.05) is 14.1 Å². The summed E-state index contributed by atoms with van der Waals surface area (Å²) in [7, 11) is 5.31. The van der Waals surface area contributed by atoms with Crippen LogP contribution >= 0.6 is 0 Å². The van der Waals surface area contributed by atoms with Crippen LogP contribution in [0.2, 0.25) is 0 Å². The fraction of sp³-hybridized carbons (Fsp3) is 0.788. The van der Waals surface area contributed by atoms with Crippen LogP contribution in [0.25, 0.3) is 0 Å². The number of ether oxygens (including phenoxy) is 3. The standard InChI is InChI=1S/C52H92N2O6/c1-6-8-10-12-14-16-18-20-22-24-26-28-30-32-34-36-39-47(40-37-35-33-31-29-27-25-23-21-19-17-15-13-11-9-7-2)46-60-52(57)54-45-48(43-49(54)51(56)58-5)44-50(55)59-42-38-41-53(3)4/h14-17,20-23,47-49H,6-13,18-19,24-46H2,1-5H3/b16-14-,17-15-,22-20-,23-21-/t48-,49+/m1/s1. The van der Waals surface area contributed by atoms with Gasteiger partial charge in [-0.2, -0.15) is 0 Å². The third-order valence-electron chi connectivity index (χ3n) is 11.6. The Labute approximate surface area is 369 Å². The van der Waals surface area contributed by atoms with E-state index in [1.54, 1.807) is 0 Å². The Bertz CT molecular complexity index is 1120. The van der Waals surface area contributed by atoms with E-state index in [-0.39, 0.29) is 24.9 Å². The summed E-state index contributed by atoms with van der Waals surface area (Å²) in [5.41, 5.74) is 0. The molecule has 0 aromatic carbocycles. The lowest BCUT2D eigenvalue weighted by molar-refractivity contribution is -0.146. The molecule has 1 aliphatic heterocycles. The molecule has 1 amide bonds. The van der Waals surface area contributed by atoms with Crippen molar-refractivity contribution < 1.29 is 28.6 Å². The van der Waals surface area contributed by atoms with Gasteiger partial charge in [-0.15, -0.1) is 0 Å². The van der Waals surface area contributed by atoms with Gasteiger partial charge in [0.15, 0.2) is 0 Å². The van der Waals surface area contributed by atoms with Crippen LogP contribution in [-0.4, -0.2) is 81.4 Å². The van der Waals surface area contributed by atoms with E-state index in [0.717, 1.165) is 51.5 Å². The van der Waals surface area contributed by atoms with Crippen LogP contribution in [0.15, 0.2) is 48.6 Å². The molecule has 1 aliphatic rings. The summed E-state index contributed by atoms with van der Waals surface area (Å²) in [5, 5.41) is 0. The molecule has 0 unspecified atom stereocenters. The van der Waals surface area contributed by atoms with Gasteiger partial charge in [-0.25, -0.2) is 9.59 Å². The number of hydrogen-bond acceptors (Lipinski definition) is 7. The third kappa shape index (κ3) is 31.9. The summed E-state index contributed by atoms with van der Waals surface area (Å²) in [6.07, 6.45) is 50.9. The molecule has 60 heavy (non-hydrogen) atoms. The summed E-state index contributed by atoms with van der Waals surface area (Å²) in [6.45, 7) is 6.35. The first-order chi connectivity index (χ1) is 29.3. The maximum Gasteiger partial charge on any atom is 0.410 e. The second-order valence-electron chi connectivity index (χ2n) is 17.6. The molecule has 0 N–H and O–H groups in total. The lowest BCUT2D eigenvalue weighted by atomic mass is 9.94. The number of nitrogens with zero attached hydrogens (tertiary/aromatic N) is 2. The van der Waals surface area contributed by atoms with Crippen molar-refractivity contribution >= 4 is 18.0 Å². The van der Waals surface area contributed by atoms with Gasteiger partial charge >= 0.3 is 18.0 Å². The van der Waals surface area contributed by atoms with Gasteiger partial charge in [0.1, 0.15) is 6.04 Å². The third-order valence-corrected chi connectivity index (χ3v) is 11.6. The van der Waals surface area contributed by atoms with Crippen molar-refractivity contribution in [2.75, 3.05) is 47.5 Å². The van der Waals surface area contributed by atoms with Gasteiger partial charge in [0.05, 0.1) is 26.7 Å². The van der Waals surface area contributed by atoms with Crippen molar-refractivity contribution in [2.45, 2.75) is 206 Å². The normalized spacial score (nSPS) is 15.9. The molecule has 8 nitrogen and oxygen atoms in total. The second kappa shape index (κ2) is 40.2. The van der Waals surface area contributed by atoms with E-state index in [0.29, 0.717) is 25.6 Å². The minimum absolute atomic E-state index is 0.170. The summed E-state index contributed by atoms with van der Waals surface area (Å²) in [5.74, 6) is -0.625. The topological polar surface area (TPSA) is 85.4 Å². The van der Waals surface area contributed by atoms with Gasteiger partial charge < -0.3 is 19.1 Å². The van der Waals surface area contributed by atoms with Crippen LogP contribution in [0.4, 0.5) is 4.79 Å². The zero-order valence-electron chi connectivity index (χ0n) is 39.5. The highest BCUT2D eigenvalue weighted by Crippen LogP contribution is 2.29. The molecule has 1 saturated heterocycles. The fourth-order valence-corrected chi connectivity index (χ4v) is 7.92. The predicted octanol–water partition coefficient (Wildman–Crippen LogP) is 13.9. The first-order valence-corrected chi connectivity index (χ1v) is 24.7. The minimum Gasteiger partial charge on any atom is -0.467 e. The van der Waals surface area contributed by atoms with Gasteiger partial charge in [0, 0.05) is 13.1 Å². The molecular weight excluding hydrogens is 749 g/mol. The summed E-state index contributed by atoms with van der Waals surface area (Å²) >= 11 is 0. The Kier molecular flexibility index (Phi) is 37.0. The number of carbonyl (C=O) groups is 3. The quantitative estimate of drug-likeness (QED) is 0.0264. The van der Waals surface area contributed by atoms with E-state index >= 15 is 0 Å². The lowest BCUT2D eigenvalue weighted by Crippen LogP contribution is -2.42. The largest absolute Gasteiger partial charge is 0.467 e. The summed E-state index contributed by atoms with van der Waals surface area (Å²) in [6, 6.07) is -0.743. The molecular formula is C52H92N2O6. The number of amides is 1. The number of hydrogen-bond donors (Lipinski definition) is 0. The molecule has 346 valence electrons. The summed E-state index contributed by atoms with van der Waals surface area (Å²) in [4.78, 5) is 42.3. The Morgan fingerprint density at radius 1 is 0.617 bits per heavy atom. The van der Waals surface area contributed by atoms with Gasteiger partial charge in [-0.1, -0.05) is 152 Å². The zero-order valence-corrected chi connectivity index (χ0v) is 39.5. The molecule has 1 fully saturated rings. The van der Waals surface area contributed by atoms with E-state index in [9.17, 15) is 14.4 Å². The molecule has 8 heteroatoms. The zero-order chi connectivity index (χ0) is 43.7. The van der Waals surface area contributed by atoms with Crippen LogP contribution in [0.1, 0.15) is 200 Å². The maximum absolute atomic E-state index is 13.5. The average molecular weight is 841 g/mol. The minimum atomic E-state index is -0.743. The molecule has 0 aliphatic carbocycles. The van der Waals surface area contributed by atoms with Crippen molar-refractivity contribution in [1.29, 1.82) is 0 Å². The number of allylic oxidation sites excluding steroid dienone is 8.